The topological polar surface area (TPSA) is 29.1 Å². The first-order valence-electron chi connectivity index (χ1n) is 6.26. The lowest BCUT2D eigenvalue weighted by atomic mass is 10.1. The van der Waals surface area contributed by atoms with E-state index in [9.17, 15) is 22.4 Å². The Morgan fingerprint density at radius 1 is 0.955 bits per heavy atom. The lowest BCUT2D eigenvalue weighted by Gasteiger charge is -2.06. The molecular formula is C16H11F4NO. The summed E-state index contributed by atoms with van der Waals surface area (Å²) in [6, 6.07) is 9.63. The third kappa shape index (κ3) is 4.44. The normalized spacial score (nSPS) is 11.6. The molecule has 0 radical (unpaired) electrons. The van der Waals surface area contributed by atoms with Gasteiger partial charge < -0.3 is 5.32 Å². The summed E-state index contributed by atoms with van der Waals surface area (Å²) in [7, 11) is 0. The van der Waals surface area contributed by atoms with Crippen molar-refractivity contribution in [2.24, 2.45) is 0 Å². The SMILES string of the molecule is O=C(/C=C/c1ccc(C(F)(F)F)cc1)Nc1ccc(F)cc1. The van der Waals surface area contributed by atoms with Crippen LogP contribution in [-0.4, -0.2) is 5.91 Å². The lowest BCUT2D eigenvalue weighted by molar-refractivity contribution is -0.137. The molecule has 0 heterocycles. The van der Waals surface area contributed by atoms with Crippen molar-refractivity contribution in [1.82, 2.24) is 0 Å². The summed E-state index contributed by atoms with van der Waals surface area (Å²) in [5, 5.41) is 2.50. The zero-order chi connectivity index (χ0) is 16.2. The number of hydrogen-bond acceptors (Lipinski definition) is 1. The van der Waals surface area contributed by atoms with Gasteiger partial charge >= 0.3 is 6.18 Å². The Bertz CT molecular complexity index is 673. The van der Waals surface area contributed by atoms with Crippen LogP contribution in [0.1, 0.15) is 11.1 Å². The molecule has 2 rings (SSSR count). The Labute approximate surface area is 124 Å². The summed E-state index contributed by atoms with van der Waals surface area (Å²) in [5.74, 6) is -0.884. The van der Waals surface area contributed by atoms with Crippen LogP contribution in [0.3, 0.4) is 0 Å². The maximum Gasteiger partial charge on any atom is 0.416 e. The minimum Gasteiger partial charge on any atom is -0.323 e. The van der Waals surface area contributed by atoms with Gasteiger partial charge in [-0.3, -0.25) is 4.79 Å². The molecule has 0 atom stereocenters. The molecule has 114 valence electrons. The maximum atomic E-state index is 12.7. The van der Waals surface area contributed by atoms with E-state index in [1.165, 1.54) is 48.6 Å². The quantitative estimate of drug-likeness (QED) is 0.656. The van der Waals surface area contributed by atoms with Gasteiger partial charge in [-0.2, -0.15) is 13.2 Å². The first-order chi connectivity index (χ1) is 10.3. The van der Waals surface area contributed by atoms with E-state index < -0.39 is 23.5 Å². The number of benzene rings is 2. The van der Waals surface area contributed by atoms with Crippen molar-refractivity contribution in [2.75, 3.05) is 5.32 Å². The first kappa shape index (κ1) is 15.8. The molecule has 0 spiro atoms. The number of rotatable bonds is 3. The van der Waals surface area contributed by atoms with Crippen LogP contribution in [0.5, 0.6) is 0 Å². The lowest BCUT2D eigenvalue weighted by Crippen LogP contribution is -2.07. The van der Waals surface area contributed by atoms with Crippen LogP contribution in [0, 0.1) is 5.82 Å². The van der Waals surface area contributed by atoms with Crippen LogP contribution in [0.2, 0.25) is 0 Å². The molecule has 0 aromatic heterocycles. The van der Waals surface area contributed by atoms with E-state index in [4.69, 9.17) is 0 Å². The van der Waals surface area contributed by atoms with E-state index in [1.54, 1.807) is 0 Å². The van der Waals surface area contributed by atoms with Gasteiger partial charge in [0.2, 0.25) is 5.91 Å². The molecular weight excluding hydrogens is 298 g/mol. The predicted molar refractivity (Wildman–Crippen MR) is 75.5 cm³/mol. The van der Waals surface area contributed by atoms with Crippen molar-refractivity contribution in [3.05, 3.63) is 71.6 Å². The highest BCUT2D eigenvalue weighted by atomic mass is 19.4. The van der Waals surface area contributed by atoms with Crippen LogP contribution >= 0.6 is 0 Å². The monoisotopic (exact) mass is 309 g/mol. The third-order valence-electron chi connectivity index (χ3n) is 2.78. The molecule has 1 amide bonds. The summed E-state index contributed by atoms with van der Waals surface area (Å²) in [6.45, 7) is 0. The first-order valence-corrected chi connectivity index (χ1v) is 6.26. The fourth-order valence-corrected chi connectivity index (χ4v) is 1.67. The molecule has 0 saturated heterocycles. The number of alkyl halides is 3. The molecule has 22 heavy (non-hydrogen) atoms. The maximum absolute atomic E-state index is 12.7. The van der Waals surface area contributed by atoms with Gasteiger partial charge in [-0.15, -0.1) is 0 Å². The minimum atomic E-state index is -4.39. The fourth-order valence-electron chi connectivity index (χ4n) is 1.67. The van der Waals surface area contributed by atoms with Crippen molar-refractivity contribution in [2.45, 2.75) is 6.18 Å². The molecule has 0 aliphatic heterocycles. The highest BCUT2D eigenvalue weighted by Crippen LogP contribution is 2.29. The molecule has 2 nitrogen and oxygen atoms in total. The van der Waals surface area contributed by atoms with E-state index >= 15 is 0 Å². The standard InChI is InChI=1S/C16H11F4NO/c17-13-6-8-14(9-7-13)21-15(22)10-3-11-1-4-12(5-2-11)16(18,19)20/h1-10H,(H,21,22)/b10-3+. The van der Waals surface area contributed by atoms with Crippen LogP contribution in [-0.2, 0) is 11.0 Å². The van der Waals surface area contributed by atoms with Gasteiger partial charge in [0, 0.05) is 11.8 Å². The van der Waals surface area contributed by atoms with Gasteiger partial charge in [-0.25, -0.2) is 4.39 Å². The Balaban J connectivity index is 1.99. The second kappa shape index (κ2) is 6.43. The van der Waals surface area contributed by atoms with Crippen molar-refractivity contribution in [1.29, 1.82) is 0 Å². The molecule has 0 aliphatic rings. The Morgan fingerprint density at radius 3 is 2.09 bits per heavy atom. The van der Waals surface area contributed by atoms with Gasteiger partial charge in [-0.1, -0.05) is 12.1 Å². The molecule has 2 aromatic rings. The van der Waals surface area contributed by atoms with E-state index in [-0.39, 0.29) is 0 Å². The number of halogens is 4. The average Bonchev–Trinajstić information content (AvgIpc) is 2.47. The molecule has 6 heteroatoms. The van der Waals surface area contributed by atoms with E-state index in [0.29, 0.717) is 11.3 Å². The fraction of sp³-hybridized carbons (Fsp3) is 0.0625. The minimum absolute atomic E-state index is 0.418. The Hall–Kier alpha value is -2.63. The third-order valence-corrected chi connectivity index (χ3v) is 2.78. The molecule has 0 unspecified atom stereocenters. The van der Waals surface area contributed by atoms with Crippen LogP contribution < -0.4 is 5.32 Å². The number of anilines is 1. The Morgan fingerprint density at radius 2 is 1.55 bits per heavy atom. The van der Waals surface area contributed by atoms with Gasteiger partial charge in [0.1, 0.15) is 5.82 Å². The van der Waals surface area contributed by atoms with Crippen LogP contribution in [0.15, 0.2) is 54.6 Å². The second-order valence-electron chi connectivity index (χ2n) is 4.45. The summed E-state index contributed by atoms with van der Waals surface area (Å²) in [4.78, 5) is 11.6. The molecule has 0 fully saturated rings. The number of amides is 1. The van der Waals surface area contributed by atoms with Crippen molar-refractivity contribution in [3.63, 3.8) is 0 Å². The largest absolute Gasteiger partial charge is 0.416 e. The molecule has 0 saturated carbocycles. The van der Waals surface area contributed by atoms with Gasteiger partial charge in [-0.05, 0) is 48.0 Å². The molecule has 2 aromatic carbocycles. The summed E-state index contributed by atoms with van der Waals surface area (Å²) in [5.41, 5.74) is 0.131. The highest BCUT2D eigenvalue weighted by Gasteiger charge is 2.29. The molecule has 0 bridgehead atoms. The molecule has 1 N–H and O–H groups in total. The molecule has 0 aliphatic carbocycles. The summed E-state index contributed by atoms with van der Waals surface area (Å²) in [6.07, 6.45) is -1.81. The van der Waals surface area contributed by atoms with E-state index in [2.05, 4.69) is 5.32 Å². The van der Waals surface area contributed by atoms with Crippen molar-refractivity contribution in [3.8, 4) is 0 Å². The summed E-state index contributed by atoms with van der Waals surface area (Å²) < 4.78 is 49.9. The average molecular weight is 309 g/mol. The van der Waals surface area contributed by atoms with Crippen LogP contribution in [0.4, 0.5) is 23.2 Å². The van der Waals surface area contributed by atoms with Gasteiger partial charge in [0.15, 0.2) is 0 Å². The highest BCUT2D eigenvalue weighted by molar-refractivity contribution is 6.01. The number of carbonyl (C=O) groups is 1. The zero-order valence-corrected chi connectivity index (χ0v) is 11.2. The smallest absolute Gasteiger partial charge is 0.323 e. The van der Waals surface area contributed by atoms with E-state index in [1.807, 2.05) is 0 Å². The van der Waals surface area contributed by atoms with Crippen LogP contribution in [0.25, 0.3) is 6.08 Å². The van der Waals surface area contributed by atoms with Gasteiger partial charge in [0.05, 0.1) is 5.56 Å². The van der Waals surface area contributed by atoms with E-state index in [0.717, 1.165) is 12.1 Å². The summed E-state index contributed by atoms with van der Waals surface area (Å²) >= 11 is 0. The second-order valence-corrected chi connectivity index (χ2v) is 4.45. The number of hydrogen-bond donors (Lipinski definition) is 1. The Kier molecular flexibility index (Phi) is 4.60. The van der Waals surface area contributed by atoms with Crippen molar-refractivity contribution >= 4 is 17.7 Å². The van der Waals surface area contributed by atoms with Gasteiger partial charge in [0.25, 0.3) is 0 Å². The zero-order valence-electron chi connectivity index (χ0n) is 11.2. The number of carbonyl (C=O) groups excluding carboxylic acids is 1. The predicted octanol–water partition coefficient (Wildman–Crippen LogP) is 4.50. The van der Waals surface area contributed by atoms with Crippen molar-refractivity contribution < 1.29 is 22.4 Å². The number of nitrogens with one attached hydrogen (secondary N) is 1.